The fourth-order valence-electron chi connectivity index (χ4n) is 4.70. The van der Waals surface area contributed by atoms with Gasteiger partial charge in [-0.15, -0.1) is 0 Å². The van der Waals surface area contributed by atoms with Gasteiger partial charge in [-0.25, -0.2) is 9.97 Å². The lowest BCUT2D eigenvalue weighted by Gasteiger charge is -2.18. The molecule has 1 saturated heterocycles. The molecule has 3 aromatic heterocycles. The van der Waals surface area contributed by atoms with Crippen LogP contribution in [0.4, 0.5) is 5.82 Å². The van der Waals surface area contributed by atoms with Gasteiger partial charge in [0.25, 0.3) is 0 Å². The molecule has 6 nitrogen and oxygen atoms in total. The summed E-state index contributed by atoms with van der Waals surface area (Å²) in [5.74, 6) is 1.99. The molecule has 4 heterocycles. The van der Waals surface area contributed by atoms with Gasteiger partial charge in [-0.1, -0.05) is 0 Å². The monoisotopic (exact) mass is 412 g/mol. The van der Waals surface area contributed by atoms with E-state index in [0.29, 0.717) is 6.04 Å². The highest BCUT2D eigenvalue weighted by atomic mass is 15.2. The number of rotatable bonds is 5. The van der Waals surface area contributed by atoms with Crippen LogP contribution in [0, 0.1) is 12.8 Å². The Morgan fingerprint density at radius 3 is 2.74 bits per heavy atom. The molecule has 0 radical (unpaired) electrons. The van der Waals surface area contributed by atoms with Crippen molar-refractivity contribution in [3.63, 3.8) is 0 Å². The second kappa shape index (κ2) is 7.31. The van der Waals surface area contributed by atoms with Crippen LogP contribution in [0.2, 0.25) is 0 Å². The Hall–Kier alpha value is -2.99. The lowest BCUT2D eigenvalue weighted by atomic mass is 10.0. The van der Waals surface area contributed by atoms with E-state index in [0.717, 1.165) is 58.0 Å². The number of anilines is 1. The summed E-state index contributed by atoms with van der Waals surface area (Å²) in [4.78, 5) is 12.2. The van der Waals surface area contributed by atoms with Gasteiger partial charge in [0, 0.05) is 43.3 Å². The predicted octanol–water partition coefficient (Wildman–Crippen LogP) is 4.07. The van der Waals surface area contributed by atoms with E-state index < -0.39 is 0 Å². The summed E-state index contributed by atoms with van der Waals surface area (Å²) in [7, 11) is 1.96. The zero-order valence-corrected chi connectivity index (χ0v) is 18.2. The third-order valence-electron chi connectivity index (χ3n) is 6.64. The van der Waals surface area contributed by atoms with Gasteiger partial charge >= 0.3 is 0 Å². The van der Waals surface area contributed by atoms with Gasteiger partial charge in [0.05, 0.1) is 22.2 Å². The van der Waals surface area contributed by atoms with Gasteiger partial charge in [-0.3, -0.25) is 4.68 Å². The van der Waals surface area contributed by atoms with Gasteiger partial charge in [-0.2, -0.15) is 5.10 Å². The Balaban J connectivity index is 1.25. The van der Waals surface area contributed by atoms with Crippen LogP contribution in [0.15, 0.2) is 42.6 Å². The minimum atomic E-state index is 0.587. The number of nitrogens with zero attached hydrogens (tertiary/aromatic N) is 5. The molecule has 4 aromatic rings. The first-order valence-electron chi connectivity index (χ1n) is 11.3. The van der Waals surface area contributed by atoms with Crippen LogP contribution in [0.3, 0.4) is 0 Å². The molecule has 1 aromatic carbocycles. The van der Waals surface area contributed by atoms with Crippen molar-refractivity contribution in [1.82, 2.24) is 25.1 Å². The summed E-state index contributed by atoms with van der Waals surface area (Å²) in [5.41, 5.74) is 6.20. The molecule has 6 heteroatoms. The average molecular weight is 413 g/mol. The van der Waals surface area contributed by atoms with Gasteiger partial charge < -0.3 is 10.2 Å². The van der Waals surface area contributed by atoms with Gasteiger partial charge in [0.1, 0.15) is 5.82 Å². The van der Waals surface area contributed by atoms with Crippen LogP contribution in [0.25, 0.3) is 33.2 Å². The molecule has 1 aliphatic carbocycles. The highest BCUT2D eigenvalue weighted by Crippen LogP contribution is 2.29. The number of aryl methyl sites for hydroxylation is 2. The van der Waals surface area contributed by atoms with Crippen LogP contribution < -0.4 is 10.2 Å². The van der Waals surface area contributed by atoms with Crippen LogP contribution in [-0.4, -0.2) is 45.4 Å². The molecule has 1 N–H and O–H groups in total. The number of pyridine rings is 2. The highest BCUT2D eigenvalue weighted by Gasteiger charge is 2.27. The molecule has 2 aliphatic rings. The van der Waals surface area contributed by atoms with E-state index in [2.05, 4.69) is 64.8 Å². The van der Waals surface area contributed by atoms with Crippen LogP contribution in [0.1, 0.15) is 24.8 Å². The predicted molar refractivity (Wildman–Crippen MR) is 125 cm³/mol. The van der Waals surface area contributed by atoms with E-state index in [1.807, 2.05) is 11.7 Å². The molecule has 1 atom stereocenters. The Morgan fingerprint density at radius 1 is 1.03 bits per heavy atom. The maximum Gasteiger partial charge on any atom is 0.129 e. The van der Waals surface area contributed by atoms with Gasteiger partial charge in [0.2, 0.25) is 0 Å². The van der Waals surface area contributed by atoms with Crippen molar-refractivity contribution in [2.24, 2.45) is 13.0 Å². The second-order valence-corrected chi connectivity index (χ2v) is 9.22. The summed E-state index contributed by atoms with van der Waals surface area (Å²) in [5, 5.41) is 9.43. The number of fused-ring (bicyclic) bond motifs is 2. The molecule has 2 fully saturated rings. The lowest BCUT2D eigenvalue weighted by molar-refractivity contribution is 0.530. The Bertz CT molecular complexity index is 1270. The molecule has 0 bridgehead atoms. The first-order chi connectivity index (χ1) is 15.1. The molecule has 1 aliphatic heterocycles. The molecule has 1 saturated carbocycles. The second-order valence-electron chi connectivity index (χ2n) is 9.22. The first kappa shape index (κ1) is 18.8. The van der Waals surface area contributed by atoms with Crippen molar-refractivity contribution in [3.05, 3.63) is 48.2 Å². The maximum absolute atomic E-state index is 4.93. The summed E-state index contributed by atoms with van der Waals surface area (Å²) in [6.07, 6.45) is 6.06. The molecule has 6 rings (SSSR count). The summed E-state index contributed by atoms with van der Waals surface area (Å²) < 4.78 is 1.87. The van der Waals surface area contributed by atoms with Crippen LogP contribution in [0.5, 0.6) is 0 Å². The van der Waals surface area contributed by atoms with E-state index in [9.17, 15) is 0 Å². The van der Waals surface area contributed by atoms with Crippen LogP contribution in [-0.2, 0) is 7.05 Å². The molecule has 31 heavy (non-hydrogen) atoms. The molecule has 0 amide bonds. The smallest absolute Gasteiger partial charge is 0.129 e. The van der Waals surface area contributed by atoms with E-state index >= 15 is 0 Å². The molecule has 0 spiro atoms. The third-order valence-corrected chi connectivity index (χ3v) is 6.64. The van der Waals surface area contributed by atoms with Gasteiger partial charge in [-0.05, 0) is 80.6 Å². The SMILES string of the molecule is Cc1cc(-c2ccc3nc(N4CCC(NCC5CC5)C4)ccc3n2)cc2cn(C)nc12. The number of benzene rings is 1. The summed E-state index contributed by atoms with van der Waals surface area (Å²) in [6, 6.07) is 13.3. The van der Waals surface area contributed by atoms with E-state index in [1.54, 1.807) is 0 Å². The summed E-state index contributed by atoms with van der Waals surface area (Å²) >= 11 is 0. The minimum Gasteiger partial charge on any atom is -0.355 e. The fourth-order valence-corrected chi connectivity index (χ4v) is 4.70. The number of aromatic nitrogens is 4. The maximum atomic E-state index is 4.93. The van der Waals surface area contributed by atoms with Crippen molar-refractivity contribution in [1.29, 1.82) is 0 Å². The largest absolute Gasteiger partial charge is 0.355 e. The lowest BCUT2D eigenvalue weighted by Crippen LogP contribution is -2.34. The van der Waals surface area contributed by atoms with Crippen molar-refractivity contribution in [2.45, 2.75) is 32.2 Å². The van der Waals surface area contributed by atoms with Gasteiger partial charge in [0.15, 0.2) is 0 Å². The van der Waals surface area contributed by atoms with Crippen molar-refractivity contribution < 1.29 is 0 Å². The van der Waals surface area contributed by atoms with Crippen molar-refractivity contribution in [2.75, 3.05) is 24.5 Å². The topological polar surface area (TPSA) is 58.9 Å². The first-order valence-corrected chi connectivity index (χ1v) is 11.3. The van der Waals surface area contributed by atoms with Crippen molar-refractivity contribution in [3.8, 4) is 11.3 Å². The quantitative estimate of drug-likeness (QED) is 0.535. The normalized spacial score (nSPS) is 19.0. The molecular formula is C25H28N6. The number of hydrogen-bond donors (Lipinski definition) is 1. The number of nitrogens with one attached hydrogen (secondary N) is 1. The Labute approximate surface area is 182 Å². The average Bonchev–Trinajstić information content (AvgIpc) is 3.34. The third kappa shape index (κ3) is 3.65. The van der Waals surface area contributed by atoms with E-state index in [1.165, 1.54) is 31.4 Å². The van der Waals surface area contributed by atoms with E-state index in [-0.39, 0.29) is 0 Å². The molecular weight excluding hydrogens is 384 g/mol. The van der Waals surface area contributed by atoms with Crippen molar-refractivity contribution >= 4 is 27.8 Å². The molecule has 158 valence electrons. The van der Waals surface area contributed by atoms with Crippen LogP contribution >= 0.6 is 0 Å². The highest BCUT2D eigenvalue weighted by molar-refractivity contribution is 5.88. The van der Waals surface area contributed by atoms with E-state index in [4.69, 9.17) is 9.97 Å². The minimum absolute atomic E-state index is 0.587. The standard InChI is InChI=1S/C25H28N6/c1-16-11-18(12-19-14-30(2)29-25(16)19)21-5-6-23-22(27-21)7-8-24(28-23)31-10-9-20(15-31)26-13-17-3-4-17/h5-8,11-12,14,17,20,26H,3-4,9-10,13,15H2,1-2H3. The zero-order valence-electron chi connectivity index (χ0n) is 18.2. The Morgan fingerprint density at radius 2 is 1.87 bits per heavy atom. The zero-order chi connectivity index (χ0) is 20.9. The fraction of sp³-hybridized carbons (Fsp3) is 0.400. The molecule has 1 unspecified atom stereocenters. The Kier molecular flexibility index (Phi) is 4.42. The number of hydrogen-bond acceptors (Lipinski definition) is 5. The summed E-state index contributed by atoms with van der Waals surface area (Å²) in [6.45, 7) is 5.40.